The zero-order valence-corrected chi connectivity index (χ0v) is 10.7. The molecule has 0 saturated carbocycles. The van der Waals surface area contributed by atoms with E-state index in [2.05, 4.69) is 44.3 Å². The van der Waals surface area contributed by atoms with Crippen molar-refractivity contribution in [2.75, 3.05) is 0 Å². The van der Waals surface area contributed by atoms with E-state index in [1.165, 1.54) is 0 Å². The number of nitrogens with zero attached hydrogens (tertiary/aromatic N) is 3. The third kappa shape index (κ3) is 1.91. The summed E-state index contributed by atoms with van der Waals surface area (Å²) in [5.74, 6) is 1.71. The van der Waals surface area contributed by atoms with E-state index in [1.54, 1.807) is 6.20 Å². The first-order valence-corrected chi connectivity index (χ1v) is 5.84. The van der Waals surface area contributed by atoms with Crippen molar-refractivity contribution in [1.29, 1.82) is 0 Å². The van der Waals surface area contributed by atoms with Crippen LogP contribution in [0.15, 0.2) is 16.7 Å². The zero-order valence-electron chi connectivity index (χ0n) is 9.16. The van der Waals surface area contributed by atoms with E-state index in [4.69, 9.17) is 0 Å². The minimum absolute atomic E-state index is 0.610. The second-order valence-corrected chi connectivity index (χ2v) is 5.00. The van der Waals surface area contributed by atoms with Gasteiger partial charge in [-0.2, -0.15) is 0 Å². The number of imidazole rings is 1. The fraction of sp³-hybridized carbons (Fsp3) is 0.455. The highest BCUT2D eigenvalue weighted by Gasteiger charge is 2.11. The van der Waals surface area contributed by atoms with Gasteiger partial charge in [-0.05, 0) is 27.9 Å². The molecule has 0 saturated heterocycles. The molecule has 2 rings (SSSR count). The number of aryl methyl sites for hydroxylation is 1. The van der Waals surface area contributed by atoms with Gasteiger partial charge in [0.05, 0.1) is 0 Å². The van der Waals surface area contributed by atoms with Gasteiger partial charge in [0.15, 0.2) is 5.65 Å². The highest BCUT2D eigenvalue weighted by molar-refractivity contribution is 9.10. The standard InChI is InChI=1S/C11H14BrN3/c1-7(2)6-9-14-10-8(12)4-5-13-11(10)15(9)3/h4-5,7H,6H2,1-3H3. The third-order valence-electron chi connectivity index (χ3n) is 2.39. The number of halogens is 1. The minimum atomic E-state index is 0.610. The number of hydrogen-bond donors (Lipinski definition) is 0. The number of fused-ring (bicyclic) bond motifs is 1. The molecule has 4 heteroatoms. The highest BCUT2D eigenvalue weighted by atomic mass is 79.9. The molecule has 0 aliphatic heterocycles. The third-order valence-corrected chi connectivity index (χ3v) is 3.03. The molecule has 0 aliphatic carbocycles. The summed E-state index contributed by atoms with van der Waals surface area (Å²) in [7, 11) is 2.02. The second kappa shape index (κ2) is 3.93. The summed E-state index contributed by atoms with van der Waals surface area (Å²) in [6, 6.07) is 1.93. The molecular formula is C11H14BrN3. The van der Waals surface area contributed by atoms with Crippen LogP contribution in [-0.4, -0.2) is 14.5 Å². The van der Waals surface area contributed by atoms with Gasteiger partial charge in [-0.3, -0.25) is 0 Å². The minimum Gasteiger partial charge on any atom is -0.316 e. The van der Waals surface area contributed by atoms with Gasteiger partial charge in [0, 0.05) is 24.1 Å². The van der Waals surface area contributed by atoms with Gasteiger partial charge in [0.25, 0.3) is 0 Å². The van der Waals surface area contributed by atoms with Crippen LogP contribution in [0.4, 0.5) is 0 Å². The van der Waals surface area contributed by atoms with Gasteiger partial charge in [-0.1, -0.05) is 13.8 Å². The Hall–Kier alpha value is -0.900. The molecule has 3 nitrogen and oxygen atoms in total. The maximum atomic E-state index is 4.61. The monoisotopic (exact) mass is 267 g/mol. The molecule has 0 aliphatic rings. The van der Waals surface area contributed by atoms with Crippen LogP contribution in [0.3, 0.4) is 0 Å². The van der Waals surface area contributed by atoms with Crippen molar-refractivity contribution in [2.24, 2.45) is 13.0 Å². The highest BCUT2D eigenvalue weighted by Crippen LogP contribution is 2.22. The Balaban J connectivity index is 2.59. The molecule has 0 fully saturated rings. The summed E-state index contributed by atoms with van der Waals surface area (Å²) >= 11 is 3.49. The predicted octanol–water partition coefficient (Wildman–Crippen LogP) is 2.93. The van der Waals surface area contributed by atoms with Crippen molar-refractivity contribution in [1.82, 2.24) is 14.5 Å². The number of hydrogen-bond acceptors (Lipinski definition) is 2. The molecule has 2 aromatic rings. The van der Waals surface area contributed by atoms with Crippen molar-refractivity contribution < 1.29 is 0 Å². The van der Waals surface area contributed by atoms with E-state index in [9.17, 15) is 0 Å². The van der Waals surface area contributed by atoms with Crippen LogP contribution < -0.4 is 0 Å². The smallest absolute Gasteiger partial charge is 0.160 e. The lowest BCUT2D eigenvalue weighted by molar-refractivity contribution is 0.605. The molecule has 2 heterocycles. The average molecular weight is 268 g/mol. The number of aromatic nitrogens is 3. The van der Waals surface area contributed by atoms with Crippen LogP contribution in [0.2, 0.25) is 0 Å². The molecule has 2 aromatic heterocycles. The topological polar surface area (TPSA) is 30.7 Å². The molecular weight excluding hydrogens is 254 g/mol. The normalized spacial score (nSPS) is 11.5. The molecule has 0 N–H and O–H groups in total. The van der Waals surface area contributed by atoms with Crippen molar-refractivity contribution in [3.8, 4) is 0 Å². The molecule has 0 bridgehead atoms. The van der Waals surface area contributed by atoms with Crippen LogP contribution in [0, 0.1) is 5.92 Å². The molecule has 0 amide bonds. The predicted molar refractivity (Wildman–Crippen MR) is 64.8 cm³/mol. The van der Waals surface area contributed by atoms with E-state index in [0.29, 0.717) is 5.92 Å². The Labute approximate surface area is 97.7 Å². The van der Waals surface area contributed by atoms with E-state index in [0.717, 1.165) is 27.9 Å². The van der Waals surface area contributed by atoms with Gasteiger partial charge in [-0.25, -0.2) is 9.97 Å². The lowest BCUT2D eigenvalue weighted by atomic mass is 10.1. The van der Waals surface area contributed by atoms with E-state index in [-0.39, 0.29) is 0 Å². The number of pyridine rings is 1. The van der Waals surface area contributed by atoms with Crippen LogP contribution in [0.1, 0.15) is 19.7 Å². The van der Waals surface area contributed by atoms with Crippen LogP contribution in [0.5, 0.6) is 0 Å². The van der Waals surface area contributed by atoms with E-state index in [1.807, 2.05) is 13.1 Å². The quantitative estimate of drug-likeness (QED) is 0.838. The number of rotatable bonds is 2. The molecule has 0 unspecified atom stereocenters. The lowest BCUT2D eigenvalue weighted by Crippen LogP contribution is -2.02. The molecule has 80 valence electrons. The molecule has 0 aromatic carbocycles. The summed E-state index contributed by atoms with van der Waals surface area (Å²) in [6.45, 7) is 4.39. The maximum absolute atomic E-state index is 4.61. The van der Waals surface area contributed by atoms with Gasteiger partial charge < -0.3 is 4.57 Å². The van der Waals surface area contributed by atoms with Gasteiger partial charge in [0.2, 0.25) is 0 Å². The SMILES string of the molecule is CC(C)Cc1nc2c(Br)ccnc2n1C. The van der Waals surface area contributed by atoms with Crippen molar-refractivity contribution in [3.63, 3.8) is 0 Å². The largest absolute Gasteiger partial charge is 0.316 e. The Morgan fingerprint density at radius 3 is 2.80 bits per heavy atom. The van der Waals surface area contributed by atoms with Gasteiger partial charge in [0.1, 0.15) is 11.3 Å². The maximum Gasteiger partial charge on any atom is 0.160 e. The molecule has 0 spiro atoms. The summed E-state index contributed by atoms with van der Waals surface area (Å²) in [5, 5.41) is 0. The first-order chi connectivity index (χ1) is 7.09. The Bertz CT molecular complexity index is 488. The fourth-order valence-electron chi connectivity index (χ4n) is 1.64. The Morgan fingerprint density at radius 2 is 2.20 bits per heavy atom. The van der Waals surface area contributed by atoms with Crippen LogP contribution >= 0.6 is 15.9 Å². The Kier molecular flexibility index (Phi) is 2.78. The first kappa shape index (κ1) is 10.6. The summed E-state index contributed by atoms with van der Waals surface area (Å²) in [6.07, 6.45) is 2.78. The van der Waals surface area contributed by atoms with E-state index < -0.39 is 0 Å². The van der Waals surface area contributed by atoms with E-state index >= 15 is 0 Å². The summed E-state index contributed by atoms with van der Waals surface area (Å²) in [5.41, 5.74) is 1.90. The molecule has 0 atom stereocenters. The zero-order chi connectivity index (χ0) is 11.0. The summed E-state index contributed by atoms with van der Waals surface area (Å²) < 4.78 is 3.08. The fourth-order valence-corrected chi connectivity index (χ4v) is 2.03. The summed E-state index contributed by atoms with van der Waals surface area (Å²) in [4.78, 5) is 8.95. The Morgan fingerprint density at radius 1 is 1.47 bits per heavy atom. The molecule has 15 heavy (non-hydrogen) atoms. The average Bonchev–Trinajstić information content (AvgIpc) is 2.46. The molecule has 0 radical (unpaired) electrons. The van der Waals surface area contributed by atoms with Gasteiger partial charge >= 0.3 is 0 Å². The van der Waals surface area contributed by atoms with Crippen LogP contribution in [0.25, 0.3) is 11.2 Å². The first-order valence-electron chi connectivity index (χ1n) is 5.05. The van der Waals surface area contributed by atoms with Crippen LogP contribution in [-0.2, 0) is 13.5 Å². The second-order valence-electron chi connectivity index (χ2n) is 4.15. The van der Waals surface area contributed by atoms with Crippen molar-refractivity contribution in [2.45, 2.75) is 20.3 Å². The lowest BCUT2D eigenvalue weighted by Gasteiger charge is -2.03. The van der Waals surface area contributed by atoms with Gasteiger partial charge in [-0.15, -0.1) is 0 Å². The van der Waals surface area contributed by atoms with Crippen molar-refractivity contribution >= 4 is 27.1 Å². The van der Waals surface area contributed by atoms with Crippen molar-refractivity contribution in [3.05, 3.63) is 22.6 Å².